The predicted octanol–water partition coefficient (Wildman–Crippen LogP) is 1.26. The van der Waals surface area contributed by atoms with Crippen molar-refractivity contribution in [3.63, 3.8) is 0 Å². The summed E-state index contributed by atoms with van der Waals surface area (Å²) in [5.41, 5.74) is 6.09. The van der Waals surface area contributed by atoms with Gasteiger partial charge in [-0.3, -0.25) is 4.79 Å². The fourth-order valence-corrected chi connectivity index (χ4v) is 1.36. The third-order valence-corrected chi connectivity index (χ3v) is 2.36. The Morgan fingerprint density at radius 3 is 2.56 bits per heavy atom. The highest BCUT2D eigenvalue weighted by atomic mass is 35.5. The number of halogens is 1. The number of hydrogen-bond acceptors (Lipinski definition) is 4. The van der Waals surface area contributed by atoms with Gasteiger partial charge in [-0.1, -0.05) is 23.7 Å². The van der Waals surface area contributed by atoms with Crippen molar-refractivity contribution in [3.8, 4) is 0 Å². The number of ether oxygens (including phenoxy) is 1. The van der Waals surface area contributed by atoms with E-state index in [0.717, 1.165) is 0 Å². The van der Waals surface area contributed by atoms with E-state index in [4.69, 9.17) is 22.1 Å². The van der Waals surface area contributed by atoms with Gasteiger partial charge in [0.25, 0.3) is 0 Å². The van der Waals surface area contributed by atoms with Gasteiger partial charge in [0.15, 0.2) is 0 Å². The Morgan fingerprint density at radius 2 is 2.06 bits per heavy atom. The van der Waals surface area contributed by atoms with Crippen LogP contribution in [0.2, 0.25) is 5.02 Å². The van der Waals surface area contributed by atoms with E-state index in [1.165, 1.54) is 0 Å². The standard InChI is InChI=1S/C11H14ClNO3/c1-2-16-11(15)9(13)10(14)7-3-5-8(12)6-4-7/h3-6,9-10,14H,2,13H2,1H3/t9-,10-/m0/s1. The average Bonchev–Trinajstić information content (AvgIpc) is 2.28. The molecule has 0 saturated carbocycles. The zero-order chi connectivity index (χ0) is 12.1. The molecule has 0 spiro atoms. The zero-order valence-corrected chi connectivity index (χ0v) is 9.65. The molecule has 0 aliphatic carbocycles. The summed E-state index contributed by atoms with van der Waals surface area (Å²) in [6, 6.07) is 5.40. The van der Waals surface area contributed by atoms with Crippen molar-refractivity contribution < 1.29 is 14.6 Å². The number of rotatable bonds is 4. The number of carbonyl (C=O) groups excluding carboxylic acids is 1. The third-order valence-electron chi connectivity index (χ3n) is 2.11. The molecule has 4 nitrogen and oxygen atoms in total. The molecule has 0 unspecified atom stereocenters. The van der Waals surface area contributed by atoms with Crippen molar-refractivity contribution in [2.24, 2.45) is 5.73 Å². The molecule has 0 fully saturated rings. The topological polar surface area (TPSA) is 72.5 Å². The summed E-state index contributed by atoms with van der Waals surface area (Å²) in [7, 11) is 0. The van der Waals surface area contributed by atoms with E-state index in [9.17, 15) is 9.90 Å². The summed E-state index contributed by atoms with van der Waals surface area (Å²) in [6.07, 6.45) is -1.09. The number of esters is 1. The van der Waals surface area contributed by atoms with E-state index in [0.29, 0.717) is 10.6 Å². The van der Waals surface area contributed by atoms with E-state index >= 15 is 0 Å². The molecule has 1 rings (SSSR count). The molecule has 88 valence electrons. The monoisotopic (exact) mass is 243 g/mol. The summed E-state index contributed by atoms with van der Waals surface area (Å²) in [4.78, 5) is 11.3. The minimum absolute atomic E-state index is 0.236. The van der Waals surface area contributed by atoms with E-state index < -0.39 is 18.1 Å². The number of carbonyl (C=O) groups is 1. The van der Waals surface area contributed by atoms with Crippen LogP contribution in [0.1, 0.15) is 18.6 Å². The largest absolute Gasteiger partial charge is 0.465 e. The highest BCUT2D eigenvalue weighted by Gasteiger charge is 2.25. The average molecular weight is 244 g/mol. The Balaban J connectivity index is 2.73. The quantitative estimate of drug-likeness (QED) is 0.781. The Kier molecular flexibility index (Phi) is 4.73. The van der Waals surface area contributed by atoms with Crippen LogP contribution in [0.3, 0.4) is 0 Å². The fraction of sp³-hybridized carbons (Fsp3) is 0.364. The van der Waals surface area contributed by atoms with Gasteiger partial charge in [-0.15, -0.1) is 0 Å². The van der Waals surface area contributed by atoms with Crippen molar-refractivity contribution in [1.29, 1.82) is 0 Å². The first-order chi connectivity index (χ1) is 7.56. The summed E-state index contributed by atoms with van der Waals surface area (Å²) < 4.78 is 4.72. The number of aliphatic hydroxyl groups is 1. The van der Waals surface area contributed by atoms with Gasteiger partial charge in [0, 0.05) is 5.02 Å². The van der Waals surface area contributed by atoms with Crippen molar-refractivity contribution >= 4 is 17.6 Å². The van der Waals surface area contributed by atoms with Gasteiger partial charge in [-0.25, -0.2) is 0 Å². The molecular formula is C11H14ClNO3. The Morgan fingerprint density at radius 1 is 1.50 bits per heavy atom. The number of benzene rings is 1. The molecule has 16 heavy (non-hydrogen) atoms. The van der Waals surface area contributed by atoms with Gasteiger partial charge in [-0.05, 0) is 24.6 Å². The highest BCUT2D eigenvalue weighted by molar-refractivity contribution is 6.30. The van der Waals surface area contributed by atoms with Crippen LogP contribution in [-0.4, -0.2) is 23.7 Å². The molecule has 0 aromatic heterocycles. The number of aliphatic hydroxyl groups excluding tert-OH is 1. The van der Waals surface area contributed by atoms with Gasteiger partial charge in [0.2, 0.25) is 0 Å². The Labute approximate surface area is 99.0 Å². The van der Waals surface area contributed by atoms with Crippen LogP contribution >= 0.6 is 11.6 Å². The summed E-state index contributed by atoms with van der Waals surface area (Å²) in [6.45, 7) is 1.92. The lowest BCUT2D eigenvalue weighted by Gasteiger charge is -2.17. The lowest BCUT2D eigenvalue weighted by molar-refractivity contribution is -0.147. The zero-order valence-electron chi connectivity index (χ0n) is 8.89. The second kappa shape index (κ2) is 5.84. The first kappa shape index (κ1) is 13.0. The molecule has 0 radical (unpaired) electrons. The third kappa shape index (κ3) is 3.20. The molecule has 0 saturated heterocycles. The second-order valence-corrected chi connectivity index (χ2v) is 3.71. The molecule has 3 N–H and O–H groups in total. The molecule has 0 heterocycles. The maximum absolute atomic E-state index is 11.3. The minimum Gasteiger partial charge on any atom is -0.465 e. The smallest absolute Gasteiger partial charge is 0.325 e. The highest BCUT2D eigenvalue weighted by Crippen LogP contribution is 2.19. The maximum atomic E-state index is 11.3. The van der Waals surface area contributed by atoms with Gasteiger partial charge in [0.05, 0.1) is 6.61 Å². The molecule has 0 aliphatic rings. The van der Waals surface area contributed by atoms with E-state index in [1.807, 2.05) is 0 Å². The second-order valence-electron chi connectivity index (χ2n) is 3.27. The molecule has 5 heteroatoms. The van der Waals surface area contributed by atoms with Gasteiger partial charge < -0.3 is 15.6 Å². The van der Waals surface area contributed by atoms with Gasteiger partial charge in [0.1, 0.15) is 12.1 Å². The first-order valence-electron chi connectivity index (χ1n) is 4.92. The van der Waals surface area contributed by atoms with Crippen LogP contribution in [0, 0.1) is 0 Å². The number of nitrogens with two attached hydrogens (primary N) is 1. The summed E-state index contributed by atoms with van der Waals surface area (Å²) in [5, 5.41) is 10.4. The van der Waals surface area contributed by atoms with Crippen LogP contribution in [0.15, 0.2) is 24.3 Å². The molecular weight excluding hydrogens is 230 g/mol. The molecule has 1 aromatic carbocycles. The molecule has 0 aliphatic heterocycles. The van der Waals surface area contributed by atoms with Crippen LogP contribution in [0.25, 0.3) is 0 Å². The lowest BCUT2D eigenvalue weighted by Crippen LogP contribution is -2.38. The van der Waals surface area contributed by atoms with Crippen LogP contribution in [-0.2, 0) is 9.53 Å². The predicted molar refractivity (Wildman–Crippen MR) is 61.0 cm³/mol. The van der Waals surface area contributed by atoms with Crippen molar-refractivity contribution in [2.75, 3.05) is 6.61 Å². The van der Waals surface area contributed by atoms with Gasteiger partial charge in [-0.2, -0.15) is 0 Å². The van der Waals surface area contributed by atoms with Crippen LogP contribution < -0.4 is 5.73 Å². The van der Waals surface area contributed by atoms with Crippen molar-refractivity contribution in [3.05, 3.63) is 34.9 Å². The SMILES string of the molecule is CCOC(=O)[C@@H](N)[C@@H](O)c1ccc(Cl)cc1. The van der Waals surface area contributed by atoms with E-state index in [1.54, 1.807) is 31.2 Å². The normalized spacial score (nSPS) is 14.2. The molecule has 0 amide bonds. The summed E-state index contributed by atoms with van der Waals surface area (Å²) in [5.74, 6) is -0.620. The van der Waals surface area contributed by atoms with Crippen LogP contribution in [0.5, 0.6) is 0 Å². The molecule has 0 bridgehead atoms. The first-order valence-corrected chi connectivity index (χ1v) is 5.29. The Hall–Kier alpha value is -1.10. The Bertz CT molecular complexity index is 353. The minimum atomic E-state index is -1.09. The van der Waals surface area contributed by atoms with Crippen molar-refractivity contribution in [1.82, 2.24) is 0 Å². The maximum Gasteiger partial charge on any atom is 0.325 e. The van der Waals surface area contributed by atoms with Crippen molar-refractivity contribution in [2.45, 2.75) is 19.1 Å². The fourth-order valence-electron chi connectivity index (χ4n) is 1.23. The lowest BCUT2D eigenvalue weighted by atomic mass is 10.0. The molecule has 1 aromatic rings. The summed E-state index contributed by atoms with van der Waals surface area (Å²) >= 11 is 5.70. The van der Waals surface area contributed by atoms with E-state index in [2.05, 4.69) is 0 Å². The molecule has 2 atom stereocenters. The number of hydrogen-bond donors (Lipinski definition) is 2. The van der Waals surface area contributed by atoms with Crippen LogP contribution in [0.4, 0.5) is 0 Å². The van der Waals surface area contributed by atoms with Gasteiger partial charge >= 0.3 is 5.97 Å². The van der Waals surface area contributed by atoms with E-state index in [-0.39, 0.29) is 6.61 Å².